The molecule has 0 saturated heterocycles. The molecule has 0 fully saturated rings. The summed E-state index contributed by atoms with van der Waals surface area (Å²) >= 11 is 23.4. The third-order valence-corrected chi connectivity index (χ3v) is 5.84. The Morgan fingerprint density at radius 2 is 1.26 bits per heavy atom. The van der Waals surface area contributed by atoms with Crippen LogP contribution in [0.25, 0.3) is 0 Å². The maximum absolute atomic E-state index is 12.5. The van der Waals surface area contributed by atoms with Gasteiger partial charge in [-0.1, -0.05) is 46.4 Å². The Labute approximate surface area is 130 Å². The molecule has 2 aromatic rings. The largest absolute Gasteiger partial charge is 0.218 e. The van der Waals surface area contributed by atoms with Crippen molar-refractivity contribution < 1.29 is 8.42 Å². The normalized spacial score (nSPS) is 11.6. The van der Waals surface area contributed by atoms with Crippen LogP contribution in [-0.4, -0.2) is 8.42 Å². The Bertz CT molecular complexity index is 724. The van der Waals surface area contributed by atoms with Crippen molar-refractivity contribution in [3.8, 4) is 0 Å². The van der Waals surface area contributed by atoms with E-state index < -0.39 is 9.84 Å². The van der Waals surface area contributed by atoms with Crippen molar-refractivity contribution in [1.29, 1.82) is 0 Å². The summed E-state index contributed by atoms with van der Waals surface area (Å²) in [6.07, 6.45) is 0. The van der Waals surface area contributed by atoms with Gasteiger partial charge in [-0.3, -0.25) is 0 Å². The fourth-order valence-electron chi connectivity index (χ4n) is 1.49. The molecular weight excluding hydrogens is 350 g/mol. The molecule has 0 aromatic heterocycles. The topological polar surface area (TPSA) is 34.1 Å². The summed E-state index contributed by atoms with van der Waals surface area (Å²) in [5.74, 6) is 0. The first-order valence-electron chi connectivity index (χ1n) is 4.98. The standard InChI is InChI=1S/C12H6Cl4O2S/c13-7-1-3-8(4-2-7)19(17,18)12-10(15)6-5-9(14)11(12)16/h1-6H. The SMILES string of the molecule is O=S(=O)(c1ccc(Cl)cc1)c1c(Cl)ccc(Cl)c1Cl. The Kier molecular flexibility index (Phi) is 4.33. The van der Waals surface area contributed by atoms with E-state index in [4.69, 9.17) is 46.4 Å². The van der Waals surface area contributed by atoms with Gasteiger partial charge in [-0.15, -0.1) is 0 Å². The third-order valence-electron chi connectivity index (χ3n) is 2.39. The molecule has 0 radical (unpaired) electrons. The number of hydrogen-bond donors (Lipinski definition) is 0. The van der Waals surface area contributed by atoms with E-state index in [9.17, 15) is 8.42 Å². The molecule has 0 aliphatic rings. The number of benzene rings is 2. The Balaban J connectivity index is 2.70. The van der Waals surface area contributed by atoms with E-state index in [-0.39, 0.29) is 24.9 Å². The van der Waals surface area contributed by atoms with Gasteiger partial charge in [-0.05, 0) is 36.4 Å². The molecule has 7 heteroatoms. The number of rotatable bonds is 2. The molecule has 0 aliphatic carbocycles. The molecule has 0 atom stereocenters. The summed E-state index contributed by atoms with van der Waals surface area (Å²) in [5.41, 5.74) is 0. The molecule has 2 aromatic carbocycles. The first-order valence-corrected chi connectivity index (χ1v) is 7.97. The van der Waals surface area contributed by atoms with E-state index in [1.807, 2.05) is 0 Å². The summed E-state index contributed by atoms with van der Waals surface area (Å²) in [7, 11) is -3.85. The fourth-order valence-corrected chi connectivity index (χ4v) is 4.21. The monoisotopic (exact) mass is 354 g/mol. The predicted octanol–water partition coefficient (Wildman–Crippen LogP) is 5.13. The van der Waals surface area contributed by atoms with Crippen molar-refractivity contribution in [3.05, 3.63) is 56.5 Å². The third kappa shape index (κ3) is 2.86. The van der Waals surface area contributed by atoms with Crippen LogP contribution in [0.5, 0.6) is 0 Å². The molecule has 0 unspecified atom stereocenters. The zero-order valence-electron chi connectivity index (χ0n) is 9.20. The molecule has 0 heterocycles. The highest BCUT2D eigenvalue weighted by molar-refractivity contribution is 7.91. The van der Waals surface area contributed by atoms with Crippen LogP contribution in [0, 0.1) is 0 Å². The summed E-state index contributed by atoms with van der Waals surface area (Å²) in [6, 6.07) is 8.53. The smallest absolute Gasteiger partial charge is 0.209 e. The maximum Gasteiger partial charge on any atom is 0.209 e. The first-order chi connectivity index (χ1) is 8.84. The van der Waals surface area contributed by atoms with Crippen molar-refractivity contribution in [3.63, 3.8) is 0 Å². The highest BCUT2D eigenvalue weighted by Crippen LogP contribution is 2.38. The van der Waals surface area contributed by atoms with Crippen molar-refractivity contribution in [1.82, 2.24) is 0 Å². The van der Waals surface area contributed by atoms with Crippen LogP contribution in [0.2, 0.25) is 20.1 Å². The summed E-state index contributed by atoms with van der Waals surface area (Å²) in [4.78, 5) is -0.159. The fraction of sp³-hybridized carbons (Fsp3) is 0. The van der Waals surface area contributed by atoms with Gasteiger partial charge >= 0.3 is 0 Å². The van der Waals surface area contributed by atoms with Gasteiger partial charge in [0.15, 0.2) is 0 Å². The molecule has 2 rings (SSSR count). The number of halogens is 4. The van der Waals surface area contributed by atoms with E-state index in [0.29, 0.717) is 5.02 Å². The Morgan fingerprint density at radius 3 is 1.84 bits per heavy atom. The average molecular weight is 356 g/mol. The minimum absolute atomic E-state index is 0.0179. The van der Waals surface area contributed by atoms with Crippen LogP contribution >= 0.6 is 46.4 Å². The van der Waals surface area contributed by atoms with Gasteiger partial charge in [0.25, 0.3) is 0 Å². The molecule has 0 spiro atoms. The molecule has 0 N–H and O–H groups in total. The molecule has 19 heavy (non-hydrogen) atoms. The van der Waals surface area contributed by atoms with Crippen molar-refractivity contribution in [2.45, 2.75) is 9.79 Å². The highest BCUT2D eigenvalue weighted by Gasteiger charge is 2.25. The van der Waals surface area contributed by atoms with Gasteiger partial charge in [0.05, 0.1) is 20.0 Å². The second-order valence-corrected chi connectivity index (χ2v) is 7.14. The summed E-state index contributed by atoms with van der Waals surface area (Å²) in [5, 5.41) is 0.481. The van der Waals surface area contributed by atoms with Crippen molar-refractivity contribution in [2.75, 3.05) is 0 Å². The lowest BCUT2D eigenvalue weighted by Crippen LogP contribution is -2.04. The molecular formula is C12H6Cl4O2S. The Morgan fingerprint density at radius 1 is 0.737 bits per heavy atom. The van der Waals surface area contributed by atoms with E-state index in [1.165, 1.54) is 36.4 Å². The van der Waals surface area contributed by atoms with E-state index in [0.717, 1.165) is 0 Å². The average Bonchev–Trinajstić information content (AvgIpc) is 2.34. The zero-order chi connectivity index (χ0) is 14.2. The zero-order valence-corrected chi connectivity index (χ0v) is 13.0. The summed E-state index contributed by atoms with van der Waals surface area (Å²) < 4.78 is 24.9. The van der Waals surface area contributed by atoms with Gasteiger partial charge in [0, 0.05) is 5.02 Å². The molecule has 0 amide bonds. The number of sulfone groups is 1. The van der Waals surface area contributed by atoms with Crippen LogP contribution in [0.1, 0.15) is 0 Å². The minimum atomic E-state index is -3.85. The van der Waals surface area contributed by atoms with Crippen molar-refractivity contribution in [2.24, 2.45) is 0 Å². The lowest BCUT2D eigenvalue weighted by atomic mass is 10.3. The lowest BCUT2D eigenvalue weighted by molar-refractivity contribution is 0.596. The van der Waals surface area contributed by atoms with E-state index >= 15 is 0 Å². The van der Waals surface area contributed by atoms with Gasteiger partial charge in [-0.2, -0.15) is 0 Å². The molecule has 0 saturated carbocycles. The molecule has 0 bridgehead atoms. The molecule has 0 aliphatic heterocycles. The van der Waals surface area contributed by atoms with Gasteiger partial charge in [0.1, 0.15) is 4.90 Å². The van der Waals surface area contributed by atoms with Crippen LogP contribution in [0.4, 0.5) is 0 Å². The van der Waals surface area contributed by atoms with E-state index in [2.05, 4.69) is 0 Å². The predicted molar refractivity (Wildman–Crippen MR) is 78.4 cm³/mol. The first kappa shape index (κ1) is 14.9. The van der Waals surface area contributed by atoms with E-state index in [1.54, 1.807) is 0 Å². The van der Waals surface area contributed by atoms with Gasteiger partial charge in [-0.25, -0.2) is 8.42 Å². The van der Waals surface area contributed by atoms with Crippen molar-refractivity contribution >= 4 is 56.2 Å². The molecule has 100 valence electrons. The van der Waals surface area contributed by atoms with Crippen LogP contribution in [-0.2, 0) is 9.84 Å². The quantitative estimate of drug-likeness (QED) is 0.699. The molecule has 2 nitrogen and oxygen atoms in total. The van der Waals surface area contributed by atoms with Crippen LogP contribution in [0.3, 0.4) is 0 Å². The Hall–Kier alpha value is -0.450. The lowest BCUT2D eigenvalue weighted by Gasteiger charge is -2.09. The van der Waals surface area contributed by atoms with Crippen LogP contribution < -0.4 is 0 Å². The number of hydrogen-bond acceptors (Lipinski definition) is 2. The minimum Gasteiger partial charge on any atom is -0.218 e. The second kappa shape index (κ2) is 5.51. The maximum atomic E-state index is 12.5. The second-order valence-electron chi connectivity index (χ2n) is 3.63. The van der Waals surface area contributed by atoms with Crippen LogP contribution in [0.15, 0.2) is 46.2 Å². The summed E-state index contributed by atoms with van der Waals surface area (Å²) in [6.45, 7) is 0. The van der Waals surface area contributed by atoms with Gasteiger partial charge in [0.2, 0.25) is 9.84 Å². The highest BCUT2D eigenvalue weighted by atomic mass is 35.5. The van der Waals surface area contributed by atoms with Gasteiger partial charge < -0.3 is 0 Å².